The number of carbonyl (C=O) groups is 1. The Bertz CT molecular complexity index is 832. The summed E-state index contributed by atoms with van der Waals surface area (Å²) in [6.07, 6.45) is 0.456. The molecule has 0 bridgehead atoms. The van der Waals surface area contributed by atoms with Gasteiger partial charge < -0.3 is 35.1 Å². The van der Waals surface area contributed by atoms with E-state index in [0.717, 1.165) is 11.3 Å². The van der Waals surface area contributed by atoms with Gasteiger partial charge in [-0.1, -0.05) is 12.1 Å². The number of H-pyrrole nitrogens is 1. The number of hydrogen-bond acceptors (Lipinski definition) is 7. The molecule has 2 rings (SSSR count). The van der Waals surface area contributed by atoms with Crippen LogP contribution in [0.3, 0.4) is 0 Å². The zero-order valence-electron chi connectivity index (χ0n) is 17.9. The second kappa shape index (κ2) is 12.9. The van der Waals surface area contributed by atoms with Gasteiger partial charge in [0.15, 0.2) is 0 Å². The largest absolute Gasteiger partial charge is 0.464 e. The smallest absolute Gasteiger partial charge is 0.354 e. The fourth-order valence-corrected chi connectivity index (χ4v) is 3.46. The summed E-state index contributed by atoms with van der Waals surface area (Å²) >= 11 is 0. The van der Waals surface area contributed by atoms with Gasteiger partial charge in [-0.25, -0.2) is 4.79 Å². The molecule has 5 N–H and O–H groups in total. The lowest BCUT2D eigenvalue weighted by molar-refractivity contribution is 0.0593. The number of ether oxygens (including phenoxy) is 2. The van der Waals surface area contributed by atoms with E-state index in [2.05, 4.69) is 23.5 Å². The van der Waals surface area contributed by atoms with E-state index < -0.39 is 5.97 Å². The number of nitrogens with one attached hydrogen (secondary N) is 2. The van der Waals surface area contributed by atoms with Gasteiger partial charge in [-0.05, 0) is 41.3 Å². The first-order valence-electron chi connectivity index (χ1n) is 9.49. The Hall–Kier alpha value is -2.49. The minimum atomic E-state index is -0.491. The van der Waals surface area contributed by atoms with Crippen molar-refractivity contribution >= 4 is 5.97 Å². The number of carbonyl (C=O) groups excluding carboxylic acids is 1. The Morgan fingerprint density at radius 3 is 2.23 bits per heavy atom. The zero-order chi connectivity index (χ0) is 22.7. The molecule has 166 valence electrons. The highest BCUT2D eigenvalue weighted by Gasteiger charge is 2.25. The molecule has 0 atom stereocenters. The first kappa shape index (κ1) is 25.5. The number of aliphatic hydroxyl groups excluding tert-OH is 3. The van der Waals surface area contributed by atoms with Crippen LogP contribution in [0.5, 0.6) is 0 Å². The molecule has 2 aromatic rings. The van der Waals surface area contributed by atoms with E-state index >= 15 is 0 Å². The maximum Gasteiger partial charge on any atom is 0.354 e. The van der Waals surface area contributed by atoms with Crippen LogP contribution in [-0.4, -0.2) is 54.1 Å². The number of aliphatic hydroxyl groups is 3. The molecule has 0 spiro atoms. The number of rotatable bonds is 10. The monoisotopic (exact) mass is 420 g/mol. The van der Waals surface area contributed by atoms with Crippen molar-refractivity contribution in [3.8, 4) is 11.1 Å². The van der Waals surface area contributed by atoms with Gasteiger partial charge in [0.1, 0.15) is 5.69 Å². The molecule has 0 saturated carbocycles. The Kier molecular flexibility index (Phi) is 11.0. The van der Waals surface area contributed by atoms with Crippen molar-refractivity contribution in [2.24, 2.45) is 0 Å². The van der Waals surface area contributed by atoms with Crippen LogP contribution in [0.25, 0.3) is 11.1 Å². The van der Waals surface area contributed by atoms with E-state index in [4.69, 9.17) is 9.47 Å². The van der Waals surface area contributed by atoms with Crippen LogP contribution < -0.4 is 5.32 Å². The van der Waals surface area contributed by atoms with Crippen molar-refractivity contribution in [1.82, 2.24) is 10.3 Å². The SMILES string of the molecule is C=C.CNCc1[nH]c(C(=O)OC)c(CCOC)c1-c1ccc(CO)c(CO)c1CO. The van der Waals surface area contributed by atoms with E-state index in [-0.39, 0.29) is 19.8 Å². The Morgan fingerprint density at radius 1 is 1.07 bits per heavy atom. The van der Waals surface area contributed by atoms with Gasteiger partial charge in [0.05, 0.1) is 33.5 Å². The molecule has 0 aliphatic rings. The highest BCUT2D eigenvalue weighted by molar-refractivity contribution is 5.93. The van der Waals surface area contributed by atoms with Crippen LogP contribution in [0.1, 0.15) is 38.4 Å². The first-order chi connectivity index (χ1) is 14.6. The number of methoxy groups -OCH3 is 2. The van der Waals surface area contributed by atoms with Crippen LogP contribution in [0.15, 0.2) is 25.3 Å². The maximum absolute atomic E-state index is 12.3. The molecule has 0 amide bonds. The minimum absolute atomic E-state index is 0.246. The predicted octanol–water partition coefficient (Wildman–Crippen LogP) is 1.66. The van der Waals surface area contributed by atoms with E-state index in [1.54, 1.807) is 26.3 Å². The molecule has 30 heavy (non-hydrogen) atoms. The minimum Gasteiger partial charge on any atom is -0.464 e. The molecule has 1 aromatic carbocycles. The molecule has 0 aliphatic heterocycles. The molecule has 0 fully saturated rings. The maximum atomic E-state index is 12.3. The van der Waals surface area contributed by atoms with E-state index in [0.29, 0.717) is 53.1 Å². The second-order valence-corrected chi connectivity index (χ2v) is 6.30. The molecule has 1 heterocycles. The third-order valence-electron chi connectivity index (χ3n) is 4.76. The number of aromatic amines is 1. The Balaban J connectivity index is 0.00000218. The number of aromatic nitrogens is 1. The standard InChI is InChI=1S/C20H28N2O6.C2H4/c1-21-8-17-18(14(6-7-27-2)19(22-17)20(26)28-3)13-5-4-12(9-23)15(10-24)16(13)11-25;1-2/h4-5,21-25H,6-11H2,1-3H3;1-2H2. The van der Waals surface area contributed by atoms with Crippen molar-refractivity contribution in [1.29, 1.82) is 0 Å². The second-order valence-electron chi connectivity index (χ2n) is 6.30. The third-order valence-corrected chi connectivity index (χ3v) is 4.76. The lowest BCUT2D eigenvalue weighted by Gasteiger charge is -2.17. The molecular formula is C22H32N2O6. The van der Waals surface area contributed by atoms with Gasteiger partial charge in [-0.2, -0.15) is 0 Å². The average Bonchev–Trinajstić information content (AvgIpc) is 3.15. The fourth-order valence-electron chi connectivity index (χ4n) is 3.46. The van der Waals surface area contributed by atoms with E-state index in [9.17, 15) is 20.1 Å². The summed E-state index contributed by atoms with van der Waals surface area (Å²) in [5, 5.41) is 32.5. The molecule has 8 heteroatoms. The van der Waals surface area contributed by atoms with E-state index in [1.807, 2.05) is 0 Å². The first-order valence-corrected chi connectivity index (χ1v) is 9.49. The molecule has 0 unspecified atom stereocenters. The van der Waals surface area contributed by atoms with Gasteiger partial charge in [0.25, 0.3) is 0 Å². The molecule has 0 saturated heterocycles. The van der Waals surface area contributed by atoms with Crippen LogP contribution in [0, 0.1) is 0 Å². The highest BCUT2D eigenvalue weighted by atomic mass is 16.5. The third kappa shape index (κ3) is 5.35. The lowest BCUT2D eigenvalue weighted by Crippen LogP contribution is -2.09. The zero-order valence-corrected chi connectivity index (χ0v) is 17.9. The van der Waals surface area contributed by atoms with Gasteiger partial charge in [0.2, 0.25) is 0 Å². The van der Waals surface area contributed by atoms with Crippen LogP contribution >= 0.6 is 0 Å². The van der Waals surface area contributed by atoms with Crippen LogP contribution in [-0.2, 0) is 42.3 Å². The molecular weight excluding hydrogens is 388 g/mol. The van der Waals surface area contributed by atoms with Crippen molar-refractivity contribution in [3.05, 3.63) is 58.9 Å². The number of hydrogen-bond donors (Lipinski definition) is 5. The van der Waals surface area contributed by atoms with Crippen molar-refractivity contribution in [2.45, 2.75) is 32.8 Å². The van der Waals surface area contributed by atoms with Gasteiger partial charge in [-0.3, -0.25) is 0 Å². The molecule has 0 aliphatic carbocycles. The summed E-state index contributed by atoms with van der Waals surface area (Å²) in [5.74, 6) is -0.491. The van der Waals surface area contributed by atoms with Crippen molar-refractivity contribution in [2.75, 3.05) is 27.9 Å². The number of esters is 1. The summed E-state index contributed by atoms with van der Waals surface area (Å²) in [7, 11) is 4.69. The Labute approximate surface area is 177 Å². The van der Waals surface area contributed by atoms with Crippen LogP contribution in [0.2, 0.25) is 0 Å². The van der Waals surface area contributed by atoms with E-state index in [1.165, 1.54) is 7.11 Å². The molecule has 1 aromatic heterocycles. The Morgan fingerprint density at radius 2 is 1.73 bits per heavy atom. The topological polar surface area (TPSA) is 124 Å². The summed E-state index contributed by atoms with van der Waals surface area (Å²) in [6.45, 7) is 5.96. The summed E-state index contributed by atoms with van der Waals surface area (Å²) in [5.41, 5.74) is 4.80. The lowest BCUT2D eigenvalue weighted by atomic mass is 9.89. The summed E-state index contributed by atoms with van der Waals surface area (Å²) in [4.78, 5) is 15.5. The summed E-state index contributed by atoms with van der Waals surface area (Å²) < 4.78 is 10.1. The van der Waals surface area contributed by atoms with Crippen molar-refractivity contribution < 1.29 is 29.6 Å². The van der Waals surface area contributed by atoms with Gasteiger partial charge in [0, 0.05) is 24.9 Å². The molecule has 8 nitrogen and oxygen atoms in total. The predicted molar refractivity (Wildman–Crippen MR) is 115 cm³/mol. The van der Waals surface area contributed by atoms with Gasteiger partial charge >= 0.3 is 5.97 Å². The molecule has 0 radical (unpaired) electrons. The fraction of sp³-hybridized carbons (Fsp3) is 0.409. The normalized spacial score (nSPS) is 10.5. The van der Waals surface area contributed by atoms with Crippen LogP contribution in [0.4, 0.5) is 0 Å². The number of benzene rings is 1. The highest BCUT2D eigenvalue weighted by Crippen LogP contribution is 2.36. The average molecular weight is 421 g/mol. The van der Waals surface area contributed by atoms with Crippen molar-refractivity contribution in [3.63, 3.8) is 0 Å². The quantitative estimate of drug-likeness (QED) is 0.292. The van der Waals surface area contributed by atoms with Gasteiger partial charge in [-0.15, -0.1) is 13.2 Å². The summed E-state index contributed by atoms with van der Waals surface area (Å²) in [6, 6.07) is 3.50.